The maximum absolute atomic E-state index is 5.51. The third-order valence-corrected chi connectivity index (χ3v) is 5.30. The number of benzene rings is 2. The maximum Gasteiger partial charge on any atom is 0.171 e. The monoisotopic (exact) mass is 386 g/mol. The van der Waals surface area contributed by atoms with Gasteiger partial charge in [0.05, 0.1) is 33.9 Å². The zero-order valence-corrected chi connectivity index (χ0v) is 16.8. The lowest BCUT2D eigenvalue weighted by molar-refractivity contribution is -0.918. The van der Waals surface area contributed by atoms with Crippen molar-refractivity contribution in [3.05, 3.63) is 54.1 Å². The van der Waals surface area contributed by atoms with Crippen molar-refractivity contribution in [2.75, 3.05) is 39.2 Å². The second kappa shape index (κ2) is 9.58. The predicted molar refractivity (Wildman–Crippen MR) is 113 cm³/mol. The Kier molecular flexibility index (Phi) is 6.90. The third-order valence-electron chi connectivity index (χ3n) is 5.05. The van der Waals surface area contributed by atoms with Crippen LogP contribution >= 0.6 is 12.2 Å². The van der Waals surface area contributed by atoms with E-state index in [-0.39, 0.29) is 0 Å². The molecule has 27 heavy (non-hydrogen) atoms. The summed E-state index contributed by atoms with van der Waals surface area (Å²) in [5, 5.41) is 7.27. The van der Waals surface area contributed by atoms with Crippen molar-refractivity contribution in [3.8, 4) is 11.5 Å². The molecule has 144 valence electrons. The molecule has 0 bridgehead atoms. The van der Waals surface area contributed by atoms with Crippen LogP contribution in [0.1, 0.15) is 24.4 Å². The van der Waals surface area contributed by atoms with Crippen LogP contribution in [0, 0.1) is 0 Å². The van der Waals surface area contributed by atoms with Crippen LogP contribution in [-0.4, -0.2) is 39.0 Å². The molecule has 0 amide bonds. The van der Waals surface area contributed by atoms with Crippen LogP contribution in [0.2, 0.25) is 0 Å². The Hall–Kier alpha value is -2.31. The number of quaternary nitrogens is 1. The van der Waals surface area contributed by atoms with Gasteiger partial charge in [-0.15, -0.1) is 0 Å². The highest BCUT2D eigenvalue weighted by Crippen LogP contribution is 2.18. The van der Waals surface area contributed by atoms with Gasteiger partial charge in [0.2, 0.25) is 0 Å². The molecular weight excluding hydrogens is 358 g/mol. The molecule has 0 unspecified atom stereocenters. The fraction of sp³-hybridized carbons (Fsp3) is 0.381. The van der Waals surface area contributed by atoms with Crippen molar-refractivity contribution in [1.82, 2.24) is 5.32 Å². The summed E-state index contributed by atoms with van der Waals surface area (Å²) in [5.74, 6) is 1.69. The van der Waals surface area contributed by atoms with E-state index in [1.165, 1.54) is 31.5 Å². The van der Waals surface area contributed by atoms with Gasteiger partial charge >= 0.3 is 0 Å². The highest BCUT2D eigenvalue weighted by atomic mass is 32.1. The number of rotatable bonds is 7. The second-order valence-electron chi connectivity index (χ2n) is 6.76. The molecule has 2 aromatic carbocycles. The molecule has 1 saturated heterocycles. The Morgan fingerprint density at radius 2 is 1.74 bits per heavy atom. The molecule has 3 N–H and O–H groups in total. The normalized spacial score (nSPS) is 15.2. The quantitative estimate of drug-likeness (QED) is 0.638. The number of likely N-dealkylation sites (tertiary alicyclic amines) is 1. The number of methoxy groups -OCH3 is 2. The molecule has 1 fully saturated rings. The standard InChI is InChI=1S/C21H27N3O2S/c1-25-18-10-8-16(9-11-18)20(24-12-3-4-13-24)15-22-21(27)23-17-6-5-7-19(14-17)26-2/h5-11,14,20H,3-4,12-13,15H2,1-2H3,(H2,22,23,27)/p+1/t20-/m1/s1. The first-order valence-electron chi connectivity index (χ1n) is 9.37. The van der Waals surface area contributed by atoms with Gasteiger partial charge in [0.1, 0.15) is 17.5 Å². The van der Waals surface area contributed by atoms with Gasteiger partial charge < -0.3 is 25.0 Å². The van der Waals surface area contributed by atoms with Crippen LogP contribution in [0.3, 0.4) is 0 Å². The predicted octanol–water partition coefficient (Wildman–Crippen LogP) is 2.41. The Bertz CT molecular complexity index is 745. The van der Waals surface area contributed by atoms with E-state index < -0.39 is 0 Å². The van der Waals surface area contributed by atoms with Gasteiger partial charge in [-0.2, -0.15) is 0 Å². The fourth-order valence-electron chi connectivity index (χ4n) is 3.58. The van der Waals surface area contributed by atoms with E-state index in [1.54, 1.807) is 19.1 Å². The highest BCUT2D eigenvalue weighted by Gasteiger charge is 2.27. The SMILES string of the molecule is COc1ccc([C@@H](CNC(=S)Nc2cccc(OC)c2)[NH+]2CCCC2)cc1. The lowest BCUT2D eigenvalue weighted by Crippen LogP contribution is -3.11. The Balaban J connectivity index is 1.63. The number of hydrogen-bond acceptors (Lipinski definition) is 3. The molecule has 1 heterocycles. The van der Waals surface area contributed by atoms with Crippen molar-refractivity contribution in [3.63, 3.8) is 0 Å². The van der Waals surface area contributed by atoms with E-state index in [0.717, 1.165) is 23.7 Å². The largest absolute Gasteiger partial charge is 0.497 e. The van der Waals surface area contributed by atoms with E-state index >= 15 is 0 Å². The molecule has 3 rings (SSSR count). The van der Waals surface area contributed by atoms with Crippen LogP contribution < -0.4 is 25.0 Å². The molecular formula is C21H28N3O2S+. The number of thiocarbonyl (C=S) groups is 1. The van der Waals surface area contributed by atoms with Crippen LogP contribution in [0.25, 0.3) is 0 Å². The highest BCUT2D eigenvalue weighted by molar-refractivity contribution is 7.80. The fourth-order valence-corrected chi connectivity index (χ4v) is 3.78. The smallest absolute Gasteiger partial charge is 0.171 e. The topological polar surface area (TPSA) is 47.0 Å². The molecule has 2 aromatic rings. The van der Waals surface area contributed by atoms with Crippen molar-refractivity contribution < 1.29 is 14.4 Å². The van der Waals surface area contributed by atoms with Crippen LogP contribution in [0.4, 0.5) is 5.69 Å². The van der Waals surface area contributed by atoms with Crippen molar-refractivity contribution >= 4 is 23.0 Å². The van der Waals surface area contributed by atoms with E-state index in [2.05, 4.69) is 22.8 Å². The van der Waals surface area contributed by atoms with Gasteiger partial charge in [0.25, 0.3) is 0 Å². The van der Waals surface area contributed by atoms with Gasteiger partial charge in [-0.3, -0.25) is 0 Å². The minimum Gasteiger partial charge on any atom is -0.497 e. The Labute approximate surface area is 166 Å². The Morgan fingerprint density at radius 1 is 1.04 bits per heavy atom. The van der Waals surface area contributed by atoms with Gasteiger partial charge in [-0.1, -0.05) is 6.07 Å². The second-order valence-corrected chi connectivity index (χ2v) is 7.17. The minimum absolute atomic E-state index is 0.364. The minimum atomic E-state index is 0.364. The molecule has 1 aliphatic heterocycles. The summed E-state index contributed by atoms with van der Waals surface area (Å²) in [6.07, 6.45) is 2.57. The van der Waals surface area contributed by atoms with Crippen molar-refractivity contribution in [2.45, 2.75) is 18.9 Å². The lowest BCUT2D eigenvalue weighted by atomic mass is 10.1. The average molecular weight is 387 g/mol. The number of anilines is 1. The zero-order chi connectivity index (χ0) is 19.1. The zero-order valence-electron chi connectivity index (χ0n) is 16.0. The average Bonchev–Trinajstić information content (AvgIpc) is 3.23. The molecule has 0 radical (unpaired) electrons. The Morgan fingerprint density at radius 3 is 2.41 bits per heavy atom. The van der Waals surface area contributed by atoms with Crippen LogP contribution in [-0.2, 0) is 0 Å². The van der Waals surface area contributed by atoms with Gasteiger partial charge in [-0.25, -0.2) is 0 Å². The number of ether oxygens (including phenoxy) is 2. The summed E-state index contributed by atoms with van der Waals surface area (Å²) in [6.45, 7) is 3.19. The van der Waals surface area contributed by atoms with E-state index in [1.807, 2.05) is 36.4 Å². The van der Waals surface area contributed by atoms with E-state index in [9.17, 15) is 0 Å². The van der Waals surface area contributed by atoms with E-state index in [0.29, 0.717) is 11.2 Å². The van der Waals surface area contributed by atoms with Crippen LogP contribution in [0.15, 0.2) is 48.5 Å². The molecule has 0 spiro atoms. The molecule has 0 aromatic heterocycles. The molecule has 0 aliphatic carbocycles. The molecule has 6 heteroatoms. The van der Waals surface area contributed by atoms with Gasteiger partial charge in [0.15, 0.2) is 5.11 Å². The summed E-state index contributed by atoms with van der Waals surface area (Å²) in [5.41, 5.74) is 2.23. The van der Waals surface area contributed by atoms with Crippen LogP contribution in [0.5, 0.6) is 11.5 Å². The summed E-state index contributed by atoms with van der Waals surface area (Å²) in [4.78, 5) is 1.61. The summed E-state index contributed by atoms with van der Waals surface area (Å²) in [6, 6.07) is 16.5. The summed E-state index contributed by atoms with van der Waals surface area (Å²) < 4.78 is 10.6. The number of hydrogen-bond donors (Lipinski definition) is 3. The first-order chi connectivity index (χ1) is 13.2. The van der Waals surface area contributed by atoms with Gasteiger partial charge in [0, 0.05) is 30.2 Å². The molecule has 1 atom stereocenters. The number of nitrogens with one attached hydrogen (secondary N) is 3. The maximum atomic E-state index is 5.51. The molecule has 0 saturated carbocycles. The van der Waals surface area contributed by atoms with Crippen molar-refractivity contribution in [1.29, 1.82) is 0 Å². The summed E-state index contributed by atoms with van der Waals surface area (Å²) in [7, 11) is 3.36. The van der Waals surface area contributed by atoms with E-state index in [4.69, 9.17) is 21.7 Å². The first kappa shape index (κ1) is 19.5. The van der Waals surface area contributed by atoms with Crippen molar-refractivity contribution in [2.24, 2.45) is 0 Å². The molecule has 5 nitrogen and oxygen atoms in total. The van der Waals surface area contributed by atoms with Gasteiger partial charge in [-0.05, 0) is 48.6 Å². The molecule has 1 aliphatic rings. The first-order valence-corrected chi connectivity index (χ1v) is 9.78. The summed E-state index contributed by atoms with van der Waals surface area (Å²) >= 11 is 5.51. The third kappa shape index (κ3) is 5.34. The lowest BCUT2D eigenvalue weighted by Gasteiger charge is -2.26.